The van der Waals surface area contributed by atoms with Gasteiger partial charge in [-0.05, 0) is 31.4 Å². The number of nitrogens with zero attached hydrogens (tertiary/aromatic N) is 2. The van der Waals surface area contributed by atoms with Gasteiger partial charge in [-0.15, -0.1) is 11.6 Å². The molecule has 104 valence electrons. The van der Waals surface area contributed by atoms with Gasteiger partial charge in [-0.2, -0.15) is 0 Å². The minimum atomic E-state index is 0.382. The minimum Gasteiger partial charge on any atom is -0.324 e. The van der Waals surface area contributed by atoms with E-state index in [0.29, 0.717) is 22.9 Å². The standard InChI is InChI=1S/C15H20Cl2N2/c1-4-10(2)8-11(3)19-13-7-5-6-12(17)15(13)18-14(19)9-16/h5-7,10-11H,4,8-9H2,1-3H3. The van der Waals surface area contributed by atoms with E-state index < -0.39 is 0 Å². The molecule has 0 bridgehead atoms. The lowest BCUT2D eigenvalue weighted by Crippen LogP contribution is -2.11. The fourth-order valence-corrected chi connectivity index (χ4v) is 2.97. The smallest absolute Gasteiger partial charge is 0.125 e. The largest absolute Gasteiger partial charge is 0.324 e. The molecule has 4 heteroatoms. The molecule has 2 nitrogen and oxygen atoms in total. The Bertz CT molecular complexity index is 563. The summed E-state index contributed by atoms with van der Waals surface area (Å²) in [5.41, 5.74) is 1.94. The predicted octanol–water partition coefficient (Wildman–Crippen LogP) is 5.43. The molecular formula is C15H20Cl2N2. The highest BCUT2D eigenvalue weighted by molar-refractivity contribution is 6.35. The lowest BCUT2D eigenvalue weighted by Gasteiger charge is -2.20. The van der Waals surface area contributed by atoms with Crippen molar-refractivity contribution in [1.82, 2.24) is 9.55 Å². The third-order valence-corrected chi connectivity index (χ3v) is 4.29. The zero-order valence-electron chi connectivity index (χ0n) is 11.7. The van der Waals surface area contributed by atoms with Crippen molar-refractivity contribution >= 4 is 34.2 Å². The van der Waals surface area contributed by atoms with E-state index in [9.17, 15) is 0 Å². The fraction of sp³-hybridized carbons (Fsp3) is 0.533. The molecule has 0 saturated heterocycles. The monoisotopic (exact) mass is 298 g/mol. The summed E-state index contributed by atoms with van der Waals surface area (Å²) in [7, 11) is 0. The van der Waals surface area contributed by atoms with Gasteiger partial charge < -0.3 is 4.57 Å². The van der Waals surface area contributed by atoms with Gasteiger partial charge in [-0.25, -0.2) is 4.98 Å². The van der Waals surface area contributed by atoms with E-state index in [4.69, 9.17) is 23.2 Å². The number of halogens is 2. The molecule has 19 heavy (non-hydrogen) atoms. The third-order valence-electron chi connectivity index (χ3n) is 3.74. The minimum absolute atomic E-state index is 0.382. The van der Waals surface area contributed by atoms with E-state index in [2.05, 4.69) is 36.4 Å². The molecule has 2 aromatic rings. The van der Waals surface area contributed by atoms with Crippen LogP contribution in [0.3, 0.4) is 0 Å². The van der Waals surface area contributed by atoms with Crippen molar-refractivity contribution in [2.75, 3.05) is 0 Å². The predicted molar refractivity (Wildman–Crippen MR) is 83.1 cm³/mol. The van der Waals surface area contributed by atoms with Gasteiger partial charge in [0.15, 0.2) is 0 Å². The second-order valence-corrected chi connectivity index (χ2v) is 5.91. The molecule has 0 N–H and O–H groups in total. The first-order chi connectivity index (χ1) is 9.08. The summed E-state index contributed by atoms with van der Waals surface area (Å²) in [5.74, 6) is 2.01. The topological polar surface area (TPSA) is 17.8 Å². The molecular weight excluding hydrogens is 279 g/mol. The summed E-state index contributed by atoms with van der Waals surface area (Å²) in [6, 6.07) is 6.29. The first-order valence-corrected chi connectivity index (χ1v) is 7.71. The summed E-state index contributed by atoms with van der Waals surface area (Å²) < 4.78 is 2.24. The zero-order chi connectivity index (χ0) is 14.0. The Labute approximate surface area is 124 Å². The molecule has 1 aromatic carbocycles. The number of hydrogen-bond donors (Lipinski definition) is 0. The molecule has 1 heterocycles. The lowest BCUT2D eigenvalue weighted by atomic mass is 10.00. The molecule has 2 atom stereocenters. The van der Waals surface area contributed by atoms with Crippen LogP contribution in [0.15, 0.2) is 18.2 Å². The van der Waals surface area contributed by atoms with E-state index in [-0.39, 0.29) is 0 Å². The Hall–Kier alpha value is -0.730. The van der Waals surface area contributed by atoms with Gasteiger partial charge in [0.05, 0.1) is 16.4 Å². The summed E-state index contributed by atoms with van der Waals surface area (Å²) in [6.45, 7) is 6.73. The molecule has 0 fully saturated rings. The third kappa shape index (κ3) is 2.90. The van der Waals surface area contributed by atoms with E-state index in [1.54, 1.807) is 0 Å². The van der Waals surface area contributed by atoms with Gasteiger partial charge in [0.2, 0.25) is 0 Å². The SMILES string of the molecule is CCC(C)CC(C)n1c(CCl)nc2c(Cl)cccc21. The quantitative estimate of drug-likeness (QED) is 0.673. The van der Waals surface area contributed by atoms with Gasteiger partial charge in [-0.1, -0.05) is 37.9 Å². The Balaban J connectivity index is 2.48. The first kappa shape index (κ1) is 14.7. The highest BCUT2D eigenvalue weighted by Gasteiger charge is 2.18. The fourth-order valence-electron chi connectivity index (χ4n) is 2.57. The van der Waals surface area contributed by atoms with E-state index >= 15 is 0 Å². The van der Waals surface area contributed by atoms with E-state index in [1.807, 2.05) is 12.1 Å². The molecule has 2 unspecified atom stereocenters. The lowest BCUT2D eigenvalue weighted by molar-refractivity contribution is 0.399. The molecule has 0 spiro atoms. The molecule has 0 radical (unpaired) electrons. The highest BCUT2D eigenvalue weighted by Crippen LogP contribution is 2.30. The summed E-state index contributed by atoms with van der Waals surface area (Å²) >= 11 is 12.3. The van der Waals surface area contributed by atoms with Crippen LogP contribution >= 0.6 is 23.2 Å². The Morgan fingerprint density at radius 1 is 1.32 bits per heavy atom. The van der Waals surface area contributed by atoms with E-state index in [0.717, 1.165) is 23.3 Å². The van der Waals surface area contributed by atoms with Crippen LogP contribution in [0.2, 0.25) is 5.02 Å². The van der Waals surface area contributed by atoms with Crippen LogP contribution in [0, 0.1) is 5.92 Å². The molecule has 0 aliphatic heterocycles. The number of benzene rings is 1. The van der Waals surface area contributed by atoms with Crippen LogP contribution in [-0.4, -0.2) is 9.55 Å². The second kappa shape index (κ2) is 6.15. The number of para-hydroxylation sites is 1. The average Bonchev–Trinajstić information content (AvgIpc) is 2.78. The molecule has 0 aliphatic rings. The highest BCUT2D eigenvalue weighted by atomic mass is 35.5. The van der Waals surface area contributed by atoms with Crippen LogP contribution < -0.4 is 0 Å². The molecule has 0 aliphatic carbocycles. The summed E-state index contributed by atoms with van der Waals surface area (Å²) in [5, 5.41) is 0.693. The van der Waals surface area contributed by atoms with E-state index in [1.165, 1.54) is 6.42 Å². The maximum Gasteiger partial charge on any atom is 0.125 e. The number of rotatable bonds is 5. The van der Waals surface area contributed by atoms with Gasteiger partial charge >= 0.3 is 0 Å². The van der Waals surface area contributed by atoms with Crippen molar-refractivity contribution in [3.05, 3.63) is 29.0 Å². The normalized spacial score (nSPS) is 14.8. The van der Waals surface area contributed by atoms with Gasteiger partial charge in [0, 0.05) is 6.04 Å². The molecule has 1 aromatic heterocycles. The second-order valence-electron chi connectivity index (χ2n) is 5.24. The van der Waals surface area contributed by atoms with Crippen molar-refractivity contribution in [1.29, 1.82) is 0 Å². The van der Waals surface area contributed by atoms with Gasteiger partial charge in [-0.3, -0.25) is 0 Å². The van der Waals surface area contributed by atoms with Crippen LogP contribution in [0.25, 0.3) is 11.0 Å². The Kier molecular flexibility index (Phi) is 4.75. The van der Waals surface area contributed by atoms with Crippen molar-refractivity contribution in [2.45, 2.75) is 45.5 Å². The van der Waals surface area contributed by atoms with Crippen LogP contribution in [-0.2, 0) is 5.88 Å². The maximum absolute atomic E-state index is 6.22. The Morgan fingerprint density at radius 2 is 2.05 bits per heavy atom. The Morgan fingerprint density at radius 3 is 2.68 bits per heavy atom. The zero-order valence-corrected chi connectivity index (χ0v) is 13.2. The van der Waals surface area contributed by atoms with Crippen molar-refractivity contribution in [3.8, 4) is 0 Å². The number of imidazole rings is 1. The maximum atomic E-state index is 6.22. The van der Waals surface area contributed by atoms with Crippen LogP contribution in [0.1, 0.15) is 45.5 Å². The molecule has 0 amide bonds. The number of aromatic nitrogens is 2. The van der Waals surface area contributed by atoms with Gasteiger partial charge in [0.1, 0.15) is 11.3 Å². The summed E-state index contributed by atoms with van der Waals surface area (Å²) in [4.78, 5) is 4.58. The van der Waals surface area contributed by atoms with Crippen LogP contribution in [0.4, 0.5) is 0 Å². The summed E-state index contributed by atoms with van der Waals surface area (Å²) in [6.07, 6.45) is 2.31. The number of hydrogen-bond acceptors (Lipinski definition) is 1. The molecule has 0 saturated carbocycles. The number of alkyl halides is 1. The first-order valence-electron chi connectivity index (χ1n) is 6.79. The van der Waals surface area contributed by atoms with Crippen molar-refractivity contribution in [3.63, 3.8) is 0 Å². The van der Waals surface area contributed by atoms with Gasteiger partial charge in [0.25, 0.3) is 0 Å². The van der Waals surface area contributed by atoms with Crippen molar-refractivity contribution in [2.24, 2.45) is 5.92 Å². The van der Waals surface area contributed by atoms with Crippen molar-refractivity contribution < 1.29 is 0 Å². The average molecular weight is 299 g/mol. The molecule has 2 rings (SSSR count). The number of fused-ring (bicyclic) bond motifs is 1. The van der Waals surface area contributed by atoms with Crippen LogP contribution in [0.5, 0.6) is 0 Å².